The number of piperidine rings is 1. The van der Waals surface area contributed by atoms with Crippen molar-refractivity contribution in [1.29, 1.82) is 0 Å². The van der Waals surface area contributed by atoms with E-state index in [1.807, 2.05) is 0 Å². The fourth-order valence-electron chi connectivity index (χ4n) is 3.46. The summed E-state index contributed by atoms with van der Waals surface area (Å²) in [6, 6.07) is 9.48. The van der Waals surface area contributed by atoms with E-state index in [1.54, 1.807) is 30.6 Å². The van der Waals surface area contributed by atoms with E-state index >= 15 is 0 Å². The largest absolute Gasteiger partial charge is 0.478 e. The number of carbonyl (C=O) groups is 1. The van der Waals surface area contributed by atoms with E-state index in [0.29, 0.717) is 35.2 Å². The topological polar surface area (TPSA) is 100 Å². The Bertz CT molecular complexity index is 1140. The molecule has 28 heavy (non-hydrogen) atoms. The van der Waals surface area contributed by atoms with Crippen molar-refractivity contribution in [3.8, 4) is 11.3 Å². The summed E-state index contributed by atoms with van der Waals surface area (Å²) in [6.07, 6.45) is 5.93. The van der Waals surface area contributed by atoms with Crippen LogP contribution in [-0.2, 0) is 10.0 Å². The average molecular weight is 397 g/mol. The molecule has 0 aliphatic carbocycles. The predicted octanol–water partition coefficient (Wildman–Crippen LogP) is 3.17. The van der Waals surface area contributed by atoms with Gasteiger partial charge in [-0.15, -0.1) is 0 Å². The maximum Gasteiger partial charge on any atom is 0.336 e. The third-order valence-corrected chi connectivity index (χ3v) is 6.82. The van der Waals surface area contributed by atoms with Gasteiger partial charge in [0.05, 0.1) is 21.7 Å². The summed E-state index contributed by atoms with van der Waals surface area (Å²) in [7, 11) is -3.66. The minimum Gasteiger partial charge on any atom is -0.478 e. The maximum atomic E-state index is 13.0. The Morgan fingerprint density at radius 1 is 1.07 bits per heavy atom. The normalized spacial score (nSPS) is 15.6. The van der Waals surface area contributed by atoms with E-state index in [0.717, 1.165) is 19.3 Å². The van der Waals surface area contributed by atoms with Crippen LogP contribution in [-0.4, -0.2) is 46.9 Å². The zero-order chi connectivity index (χ0) is 19.7. The molecule has 1 aliphatic rings. The van der Waals surface area contributed by atoms with Crippen molar-refractivity contribution in [3.63, 3.8) is 0 Å². The average Bonchev–Trinajstić information content (AvgIpc) is 2.73. The highest BCUT2D eigenvalue weighted by Crippen LogP contribution is 2.28. The van der Waals surface area contributed by atoms with E-state index in [-0.39, 0.29) is 10.5 Å². The van der Waals surface area contributed by atoms with E-state index in [2.05, 4.69) is 9.97 Å². The van der Waals surface area contributed by atoms with Crippen molar-refractivity contribution in [2.45, 2.75) is 24.2 Å². The van der Waals surface area contributed by atoms with Crippen molar-refractivity contribution in [2.24, 2.45) is 0 Å². The van der Waals surface area contributed by atoms with Crippen molar-refractivity contribution in [3.05, 3.63) is 54.4 Å². The minimum absolute atomic E-state index is 0.0135. The predicted molar refractivity (Wildman–Crippen MR) is 105 cm³/mol. The first-order valence-electron chi connectivity index (χ1n) is 9.05. The highest BCUT2D eigenvalue weighted by Gasteiger charge is 2.27. The number of aromatic nitrogens is 2. The first-order chi connectivity index (χ1) is 13.5. The molecular formula is C20H19N3O4S. The quantitative estimate of drug-likeness (QED) is 0.726. The molecule has 144 valence electrons. The second kappa shape index (κ2) is 7.29. The number of carboxylic acid groups (broad SMARTS) is 1. The molecule has 0 radical (unpaired) electrons. The molecule has 2 aromatic heterocycles. The number of nitrogens with zero attached hydrogens (tertiary/aromatic N) is 3. The monoisotopic (exact) mass is 397 g/mol. The van der Waals surface area contributed by atoms with Crippen LogP contribution in [0.15, 0.2) is 53.7 Å². The van der Waals surface area contributed by atoms with Crippen LogP contribution >= 0.6 is 0 Å². The first-order valence-corrected chi connectivity index (χ1v) is 10.5. The third kappa shape index (κ3) is 3.36. The van der Waals surface area contributed by atoms with E-state index < -0.39 is 16.0 Å². The number of sulfonamides is 1. The summed E-state index contributed by atoms with van der Waals surface area (Å²) < 4.78 is 27.4. The molecular weight excluding hydrogens is 378 g/mol. The van der Waals surface area contributed by atoms with Crippen LogP contribution < -0.4 is 0 Å². The zero-order valence-electron chi connectivity index (χ0n) is 15.1. The van der Waals surface area contributed by atoms with Crippen LogP contribution in [0.5, 0.6) is 0 Å². The molecule has 0 spiro atoms. The van der Waals surface area contributed by atoms with Crippen LogP contribution in [0.25, 0.3) is 22.2 Å². The molecule has 1 N–H and O–H groups in total. The Labute approximate surface area is 162 Å². The molecule has 4 rings (SSSR count). The molecule has 3 heterocycles. The van der Waals surface area contributed by atoms with E-state index in [4.69, 9.17) is 0 Å². The summed E-state index contributed by atoms with van der Waals surface area (Å²) in [5, 5.41) is 10.00. The molecule has 0 amide bonds. The Morgan fingerprint density at radius 3 is 2.54 bits per heavy atom. The van der Waals surface area contributed by atoms with E-state index in [9.17, 15) is 18.3 Å². The van der Waals surface area contributed by atoms with Crippen LogP contribution in [0.1, 0.15) is 29.6 Å². The Kier molecular flexibility index (Phi) is 4.82. The molecule has 8 heteroatoms. The Balaban J connectivity index is 1.85. The fraction of sp³-hybridized carbons (Fsp3) is 0.250. The number of benzene rings is 1. The van der Waals surface area contributed by atoms with Gasteiger partial charge in [0.15, 0.2) is 0 Å². The molecule has 1 aliphatic heterocycles. The first kappa shape index (κ1) is 18.5. The summed E-state index contributed by atoms with van der Waals surface area (Å²) in [5.41, 5.74) is 1.61. The number of hydrogen-bond acceptors (Lipinski definition) is 5. The summed E-state index contributed by atoms with van der Waals surface area (Å²) in [4.78, 5) is 20.5. The van der Waals surface area contributed by atoms with Gasteiger partial charge < -0.3 is 5.11 Å². The lowest BCUT2D eigenvalue weighted by atomic mass is 10.1. The van der Waals surface area contributed by atoms with Crippen molar-refractivity contribution < 1.29 is 18.3 Å². The molecule has 7 nitrogen and oxygen atoms in total. The number of fused-ring (bicyclic) bond motifs is 1. The molecule has 0 atom stereocenters. The lowest BCUT2D eigenvalue weighted by Gasteiger charge is -2.26. The van der Waals surface area contributed by atoms with Crippen molar-refractivity contribution >= 4 is 26.9 Å². The molecule has 0 unspecified atom stereocenters. The standard InChI is InChI=1S/C20H19N3O4S/c24-20(25)17-12-19(14-5-4-8-21-13-14)22-18-7-6-15(11-16(17)18)28(26,27)23-9-2-1-3-10-23/h4-8,11-13H,1-3,9-10H2,(H,24,25). The van der Waals surface area contributed by atoms with Crippen LogP contribution in [0.3, 0.4) is 0 Å². The third-order valence-electron chi connectivity index (χ3n) is 4.92. The maximum absolute atomic E-state index is 13.0. The van der Waals surface area contributed by atoms with Gasteiger partial charge in [0.2, 0.25) is 10.0 Å². The number of rotatable bonds is 4. The molecule has 3 aromatic rings. The SMILES string of the molecule is O=C(O)c1cc(-c2cccnc2)nc2ccc(S(=O)(=O)N3CCCCC3)cc12. The number of hydrogen-bond donors (Lipinski definition) is 1. The van der Waals surface area contributed by atoms with Crippen molar-refractivity contribution in [2.75, 3.05) is 13.1 Å². The van der Waals surface area contributed by atoms with Crippen molar-refractivity contribution in [1.82, 2.24) is 14.3 Å². The smallest absolute Gasteiger partial charge is 0.336 e. The van der Waals surface area contributed by atoms with Crippen LogP contribution in [0.2, 0.25) is 0 Å². The second-order valence-electron chi connectivity index (χ2n) is 6.75. The van der Waals surface area contributed by atoms with Gasteiger partial charge in [-0.3, -0.25) is 4.98 Å². The fourth-order valence-corrected chi connectivity index (χ4v) is 5.00. The van der Waals surface area contributed by atoms with Gasteiger partial charge in [-0.2, -0.15) is 4.31 Å². The van der Waals surface area contributed by atoms with Gasteiger partial charge in [0, 0.05) is 36.4 Å². The highest BCUT2D eigenvalue weighted by molar-refractivity contribution is 7.89. The lowest BCUT2D eigenvalue weighted by molar-refractivity contribution is 0.0699. The number of pyridine rings is 2. The Hall–Kier alpha value is -2.84. The van der Waals surface area contributed by atoms with Gasteiger partial charge in [-0.1, -0.05) is 6.42 Å². The van der Waals surface area contributed by atoms with Gasteiger partial charge in [0.25, 0.3) is 0 Å². The Morgan fingerprint density at radius 2 is 1.86 bits per heavy atom. The number of carboxylic acids is 1. The molecule has 0 saturated carbocycles. The summed E-state index contributed by atoms with van der Waals surface area (Å²) in [5.74, 6) is -1.13. The summed E-state index contributed by atoms with van der Waals surface area (Å²) in [6.45, 7) is 0.981. The van der Waals surface area contributed by atoms with Gasteiger partial charge in [-0.05, 0) is 49.2 Å². The van der Waals surface area contributed by atoms with Gasteiger partial charge in [-0.25, -0.2) is 18.2 Å². The molecule has 1 saturated heterocycles. The molecule has 1 aromatic carbocycles. The van der Waals surface area contributed by atoms with Crippen LogP contribution in [0.4, 0.5) is 0 Å². The van der Waals surface area contributed by atoms with Gasteiger partial charge >= 0.3 is 5.97 Å². The summed E-state index contributed by atoms with van der Waals surface area (Å²) >= 11 is 0. The highest BCUT2D eigenvalue weighted by atomic mass is 32.2. The van der Waals surface area contributed by atoms with Crippen LogP contribution in [0, 0.1) is 0 Å². The molecule has 1 fully saturated rings. The van der Waals surface area contributed by atoms with E-state index in [1.165, 1.54) is 22.5 Å². The van der Waals surface area contributed by atoms with Gasteiger partial charge in [0.1, 0.15) is 0 Å². The minimum atomic E-state index is -3.66. The second-order valence-corrected chi connectivity index (χ2v) is 8.68. The molecule has 0 bridgehead atoms. The zero-order valence-corrected chi connectivity index (χ0v) is 15.9. The lowest BCUT2D eigenvalue weighted by Crippen LogP contribution is -2.35. The number of aromatic carboxylic acids is 1.